The second-order valence-electron chi connectivity index (χ2n) is 3.68. The van der Waals surface area contributed by atoms with Gasteiger partial charge in [0, 0.05) is 0 Å². The SMILES string of the molecule is FC1(F)CN(c2nc3ccccc3o2)C1. The van der Waals surface area contributed by atoms with Gasteiger partial charge in [-0.15, -0.1) is 0 Å². The summed E-state index contributed by atoms with van der Waals surface area (Å²) in [4.78, 5) is 5.56. The zero-order valence-corrected chi connectivity index (χ0v) is 7.78. The minimum Gasteiger partial charge on any atom is -0.423 e. The molecule has 1 aliphatic rings. The van der Waals surface area contributed by atoms with Crippen LogP contribution < -0.4 is 4.90 Å². The zero-order chi connectivity index (χ0) is 10.5. The van der Waals surface area contributed by atoms with Crippen LogP contribution in [-0.4, -0.2) is 24.0 Å². The summed E-state index contributed by atoms with van der Waals surface area (Å²) in [5, 5.41) is 0. The molecule has 1 aliphatic heterocycles. The van der Waals surface area contributed by atoms with Crippen molar-refractivity contribution in [2.24, 2.45) is 0 Å². The Hall–Kier alpha value is -1.65. The Morgan fingerprint density at radius 2 is 2.00 bits per heavy atom. The van der Waals surface area contributed by atoms with Gasteiger partial charge in [0.25, 0.3) is 11.9 Å². The summed E-state index contributed by atoms with van der Waals surface area (Å²) in [6, 6.07) is 7.49. The zero-order valence-electron chi connectivity index (χ0n) is 7.78. The van der Waals surface area contributed by atoms with Crippen LogP contribution in [0.4, 0.5) is 14.8 Å². The Kier molecular flexibility index (Phi) is 1.55. The highest BCUT2D eigenvalue weighted by atomic mass is 19.3. The van der Waals surface area contributed by atoms with E-state index in [-0.39, 0.29) is 19.1 Å². The molecular formula is C10H8F2N2O. The average Bonchev–Trinajstić information content (AvgIpc) is 2.56. The van der Waals surface area contributed by atoms with E-state index in [1.165, 1.54) is 4.90 Å². The monoisotopic (exact) mass is 210 g/mol. The van der Waals surface area contributed by atoms with Gasteiger partial charge >= 0.3 is 0 Å². The third-order valence-corrected chi connectivity index (χ3v) is 2.40. The lowest BCUT2D eigenvalue weighted by molar-refractivity contribution is -0.0287. The standard InChI is InChI=1S/C10H8F2N2O/c11-10(12)5-14(6-10)9-13-7-3-1-2-4-8(7)15-9/h1-4H,5-6H2. The molecule has 0 unspecified atom stereocenters. The lowest BCUT2D eigenvalue weighted by Gasteiger charge is -2.37. The van der Waals surface area contributed by atoms with Gasteiger partial charge in [0.1, 0.15) is 5.52 Å². The molecular weight excluding hydrogens is 202 g/mol. The highest BCUT2D eigenvalue weighted by Gasteiger charge is 2.45. The smallest absolute Gasteiger partial charge is 0.298 e. The summed E-state index contributed by atoms with van der Waals surface area (Å²) >= 11 is 0. The van der Waals surface area contributed by atoms with E-state index in [1.807, 2.05) is 12.1 Å². The van der Waals surface area contributed by atoms with Crippen LogP contribution in [0.2, 0.25) is 0 Å². The maximum absolute atomic E-state index is 12.6. The van der Waals surface area contributed by atoms with E-state index in [9.17, 15) is 8.78 Å². The molecule has 2 aromatic rings. The van der Waals surface area contributed by atoms with E-state index in [0.717, 1.165) is 0 Å². The van der Waals surface area contributed by atoms with E-state index < -0.39 is 5.92 Å². The summed E-state index contributed by atoms with van der Waals surface area (Å²) < 4.78 is 30.6. The summed E-state index contributed by atoms with van der Waals surface area (Å²) in [5.74, 6) is -2.60. The first kappa shape index (κ1) is 8.64. The van der Waals surface area contributed by atoms with Gasteiger partial charge in [0.2, 0.25) is 0 Å². The number of benzene rings is 1. The Labute approximate surface area is 84.3 Å². The summed E-state index contributed by atoms with van der Waals surface area (Å²) in [6.07, 6.45) is 0. The number of para-hydroxylation sites is 2. The van der Waals surface area contributed by atoms with Crippen LogP contribution in [0.3, 0.4) is 0 Å². The predicted molar refractivity (Wildman–Crippen MR) is 51.2 cm³/mol. The van der Waals surface area contributed by atoms with E-state index in [4.69, 9.17) is 4.42 Å². The number of oxazole rings is 1. The highest BCUT2D eigenvalue weighted by Crippen LogP contribution is 2.32. The Morgan fingerprint density at radius 3 is 2.67 bits per heavy atom. The number of hydrogen-bond donors (Lipinski definition) is 0. The molecule has 0 saturated carbocycles. The number of fused-ring (bicyclic) bond motifs is 1. The van der Waals surface area contributed by atoms with E-state index in [2.05, 4.69) is 4.98 Å². The molecule has 15 heavy (non-hydrogen) atoms. The van der Waals surface area contributed by atoms with Crippen LogP contribution in [0.5, 0.6) is 0 Å². The number of anilines is 1. The molecule has 3 nitrogen and oxygen atoms in total. The molecule has 78 valence electrons. The van der Waals surface area contributed by atoms with Gasteiger partial charge in [-0.05, 0) is 12.1 Å². The molecule has 1 aromatic heterocycles. The molecule has 0 amide bonds. The Bertz CT molecular complexity index is 468. The molecule has 1 aromatic carbocycles. The van der Waals surface area contributed by atoms with E-state index in [1.54, 1.807) is 12.1 Å². The first-order valence-corrected chi connectivity index (χ1v) is 4.62. The van der Waals surface area contributed by atoms with Crippen LogP contribution in [0.15, 0.2) is 28.7 Å². The van der Waals surface area contributed by atoms with Crippen molar-refractivity contribution in [3.05, 3.63) is 24.3 Å². The van der Waals surface area contributed by atoms with Crippen molar-refractivity contribution >= 4 is 17.1 Å². The molecule has 0 radical (unpaired) electrons. The van der Waals surface area contributed by atoms with Crippen LogP contribution in [0.1, 0.15) is 0 Å². The van der Waals surface area contributed by atoms with Gasteiger partial charge in [0.05, 0.1) is 13.1 Å². The summed E-state index contributed by atoms with van der Waals surface area (Å²) in [5.41, 5.74) is 1.32. The molecule has 0 N–H and O–H groups in total. The van der Waals surface area contributed by atoms with Crippen LogP contribution in [-0.2, 0) is 0 Å². The highest BCUT2D eigenvalue weighted by molar-refractivity contribution is 5.74. The second kappa shape index (κ2) is 2.68. The van der Waals surface area contributed by atoms with Crippen molar-refractivity contribution < 1.29 is 13.2 Å². The maximum atomic E-state index is 12.6. The van der Waals surface area contributed by atoms with Crippen molar-refractivity contribution in [2.75, 3.05) is 18.0 Å². The Morgan fingerprint density at radius 1 is 1.27 bits per heavy atom. The van der Waals surface area contributed by atoms with Crippen molar-refractivity contribution in [1.82, 2.24) is 4.98 Å². The second-order valence-corrected chi connectivity index (χ2v) is 3.68. The molecule has 1 saturated heterocycles. The van der Waals surface area contributed by atoms with E-state index >= 15 is 0 Å². The molecule has 0 atom stereocenters. The molecule has 5 heteroatoms. The quantitative estimate of drug-likeness (QED) is 0.723. The van der Waals surface area contributed by atoms with Gasteiger partial charge in [-0.1, -0.05) is 12.1 Å². The number of rotatable bonds is 1. The first-order chi connectivity index (χ1) is 7.14. The maximum Gasteiger partial charge on any atom is 0.298 e. The first-order valence-electron chi connectivity index (χ1n) is 4.62. The molecule has 2 heterocycles. The third-order valence-electron chi connectivity index (χ3n) is 2.40. The number of alkyl halides is 2. The van der Waals surface area contributed by atoms with Gasteiger partial charge < -0.3 is 9.32 Å². The molecule has 0 bridgehead atoms. The topological polar surface area (TPSA) is 29.3 Å². The minimum absolute atomic E-state index is 0.280. The van der Waals surface area contributed by atoms with Gasteiger partial charge in [-0.25, -0.2) is 8.78 Å². The largest absolute Gasteiger partial charge is 0.423 e. The number of aromatic nitrogens is 1. The van der Waals surface area contributed by atoms with Crippen LogP contribution in [0, 0.1) is 0 Å². The summed E-state index contributed by atoms with van der Waals surface area (Å²) in [7, 11) is 0. The van der Waals surface area contributed by atoms with E-state index in [0.29, 0.717) is 11.1 Å². The number of hydrogen-bond acceptors (Lipinski definition) is 3. The number of nitrogens with zero attached hydrogens (tertiary/aromatic N) is 2. The fourth-order valence-corrected chi connectivity index (χ4v) is 1.64. The van der Waals surface area contributed by atoms with Crippen molar-refractivity contribution in [2.45, 2.75) is 5.92 Å². The van der Waals surface area contributed by atoms with Crippen molar-refractivity contribution in [1.29, 1.82) is 0 Å². The van der Waals surface area contributed by atoms with Crippen LogP contribution in [0.25, 0.3) is 11.1 Å². The third kappa shape index (κ3) is 1.35. The molecule has 0 spiro atoms. The van der Waals surface area contributed by atoms with Gasteiger partial charge in [-0.3, -0.25) is 0 Å². The molecule has 3 rings (SSSR count). The lowest BCUT2D eigenvalue weighted by Crippen LogP contribution is -2.56. The van der Waals surface area contributed by atoms with Gasteiger partial charge in [-0.2, -0.15) is 4.98 Å². The Balaban J connectivity index is 1.93. The van der Waals surface area contributed by atoms with Crippen LogP contribution >= 0.6 is 0 Å². The van der Waals surface area contributed by atoms with Crippen molar-refractivity contribution in [3.8, 4) is 0 Å². The lowest BCUT2D eigenvalue weighted by atomic mass is 10.2. The fraction of sp³-hybridized carbons (Fsp3) is 0.300. The average molecular weight is 210 g/mol. The number of halogens is 2. The van der Waals surface area contributed by atoms with Crippen molar-refractivity contribution in [3.63, 3.8) is 0 Å². The molecule has 1 fully saturated rings. The fourth-order valence-electron chi connectivity index (χ4n) is 1.64. The molecule has 0 aliphatic carbocycles. The normalized spacial score (nSPS) is 19.2. The van der Waals surface area contributed by atoms with Gasteiger partial charge in [0.15, 0.2) is 5.58 Å². The minimum atomic E-state index is -2.60. The predicted octanol–water partition coefficient (Wildman–Crippen LogP) is 2.28. The summed E-state index contributed by atoms with van der Waals surface area (Å²) in [6.45, 7) is -0.611.